The second-order valence-corrected chi connectivity index (χ2v) is 27.3. The Labute approximate surface area is 331 Å². The SMILES string of the molecule is CCCCCCCC(=O)SCCC[Si](C)(OCC(C)CO)OCC(C)CO[Si](C)(CCCS)OCC(C)CO[Si](C)(CCCS)OCC(C)CO. The van der Waals surface area contributed by atoms with Crippen LogP contribution in [-0.2, 0) is 31.4 Å². The molecule has 0 saturated carbocycles. The maximum atomic E-state index is 12.4. The summed E-state index contributed by atoms with van der Waals surface area (Å²) >= 11 is 10.3. The third-order valence-electron chi connectivity index (χ3n) is 8.76. The van der Waals surface area contributed by atoms with Gasteiger partial charge in [0.05, 0.1) is 0 Å². The van der Waals surface area contributed by atoms with Gasteiger partial charge in [0.25, 0.3) is 0 Å². The summed E-state index contributed by atoms with van der Waals surface area (Å²) in [5, 5.41) is 19.3. The van der Waals surface area contributed by atoms with Crippen molar-refractivity contribution in [1.82, 2.24) is 0 Å². The lowest BCUT2D eigenvalue weighted by atomic mass is 10.1. The molecule has 0 saturated heterocycles. The van der Waals surface area contributed by atoms with Gasteiger partial charge >= 0.3 is 25.7 Å². The molecule has 0 aliphatic carbocycles. The summed E-state index contributed by atoms with van der Waals surface area (Å²) in [4.78, 5) is 12.4. The molecule has 0 heterocycles. The topological polar surface area (TPSA) is 113 Å². The highest BCUT2D eigenvalue weighted by Crippen LogP contribution is 2.24. The van der Waals surface area contributed by atoms with Gasteiger partial charge in [-0.05, 0) is 75.0 Å². The van der Waals surface area contributed by atoms with E-state index in [1.807, 2.05) is 13.8 Å². The van der Waals surface area contributed by atoms with Crippen LogP contribution in [0.25, 0.3) is 0 Å². The molecule has 0 aromatic carbocycles. The van der Waals surface area contributed by atoms with Gasteiger partial charge in [-0.15, -0.1) is 0 Å². The molecule has 0 aromatic rings. The second-order valence-electron chi connectivity index (χ2n) is 15.2. The Kier molecular flexibility index (Phi) is 31.8. The fourth-order valence-corrected chi connectivity index (χ4v) is 14.4. The average molecular weight is 835 g/mol. The van der Waals surface area contributed by atoms with Crippen LogP contribution in [0.4, 0.5) is 0 Å². The van der Waals surface area contributed by atoms with Gasteiger partial charge in [-0.1, -0.05) is 72.1 Å². The number of unbranched alkanes of at least 4 members (excludes halogenated alkanes) is 4. The van der Waals surface area contributed by atoms with E-state index in [4.69, 9.17) is 26.6 Å². The van der Waals surface area contributed by atoms with Crippen molar-refractivity contribution < 1.29 is 41.6 Å². The molecule has 9 nitrogen and oxygen atoms in total. The number of hydrogen-bond acceptors (Lipinski definition) is 12. The minimum Gasteiger partial charge on any atom is -0.396 e. The number of aliphatic hydroxyl groups excluding tert-OH is 2. The number of thioether (sulfide) groups is 1. The van der Waals surface area contributed by atoms with Crippen LogP contribution in [0.1, 0.15) is 92.4 Å². The summed E-state index contributed by atoms with van der Waals surface area (Å²) in [5.74, 6) is 2.78. The Hall–Kier alpha value is 1.05. The first-order valence-electron chi connectivity index (χ1n) is 19.6. The molecule has 306 valence electrons. The third kappa shape index (κ3) is 28.2. The van der Waals surface area contributed by atoms with Crippen molar-refractivity contribution in [3.63, 3.8) is 0 Å². The van der Waals surface area contributed by atoms with Gasteiger partial charge in [0, 0.05) is 88.7 Å². The standard InChI is InChI=1S/C36H78O9S3Si3/c1-9-10-11-12-13-17-36(39)48-20-16-23-51(8,41-27-33(3)25-38)45-31-35(5)30-44-50(7,22-15-19-47)43-29-34(4)28-42-49(6,21-14-18-46)40-26-32(2)24-37/h32-35,37-38,46-47H,9-31H2,1-8H3. The minimum absolute atomic E-state index is 0.0416. The van der Waals surface area contributed by atoms with Gasteiger partial charge in [-0.25, -0.2) is 0 Å². The monoisotopic (exact) mass is 834 g/mol. The molecule has 0 aliphatic rings. The van der Waals surface area contributed by atoms with Crippen molar-refractivity contribution in [3.05, 3.63) is 0 Å². The van der Waals surface area contributed by atoms with Crippen LogP contribution in [0.3, 0.4) is 0 Å². The zero-order chi connectivity index (χ0) is 38.6. The Morgan fingerprint density at radius 3 is 1.27 bits per heavy atom. The van der Waals surface area contributed by atoms with Crippen molar-refractivity contribution in [2.24, 2.45) is 23.7 Å². The van der Waals surface area contributed by atoms with Crippen molar-refractivity contribution in [2.45, 2.75) is 130 Å². The summed E-state index contributed by atoms with van der Waals surface area (Å²) in [6.07, 6.45) is 9.17. The predicted molar refractivity (Wildman–Crippen MR) is 228 cm³/mol. The molecule has 7 atom stereocenters. The van der Waals surface area contributed by atoms with Crippen LogP contribution in [0.5, 0.6) is 0 Å². The molecule has 15 heteroatoms. The molecule has 0 aromatic heterocycles. The molecule has 0 aliphatic heterocycles. The molecule has 0 bridgehead atoms. The van der Waals surface area contributed by atoms with Crippen molar-refractivity contribution >= 4 is 67.8 Å². The van der Waals surface area contributed by atoms with Crippen LogP contribution in [0.15, 0.2) is 0 Å². The first kappa shape index (κ1) is 52.1. The summed E-state index contributed by atoms with van der Waals surface area (Å²) < 4.78 is 38.8. The first-order valence-corrected chi connectivity index (χ1v) is 29.4. The maximum absolute atomic E-state index is 12.4. The summed E-state index contributed by atoms with van der Waals surface area (Å²) in [7, 11) is -7.42. The summed E-state index contributed by atoms with van der Waals surface area (Å²) in [6, 6.07) is 2.53. The van der Waals surface area contributed by atoms with Gasteiger partial charge in [0.2, 0.25) is 0 Å². The third-order valence-corrected chi connectivity index (χ3v) is 18.9. The second kappa shape index (κ2) is 31.2. The number of carbonyl (C=O) groups is 1. The van der Waals surface area contributed by atoms with E-state index in [1.54, 1.807) is 0 Å². The largest absolute Gasteiger partial charge is 0.396 e. The highest BCUT2D eigenvalue weighted by molar-refractivity contribution is 8.13. The van der Waals surface area contributed by atoms with Gasteiger partial charge < -0.3 is 36.8 Å². The Morgan fingerprint density at radius 2 is 0.922 bits per heavy atom. The highest BCUT2D eigenvalue weighted by Gasteiger charge is 2.36. The van der Waals surface area contributed by atoms with Crippen LogP contribution in [-0.4, -0.2) is 111 Å². The molecule has 2 N–H and O–H groups in total. The van der Waals surface area contributed by atoms with Crippen LogP contribution >= 0.6 is 37.0 Å². The van der Waals surface area contributed by atoms with Crippen LogP contribution < -0.4 is 0 Å². The fourth-order valence-electron chi connectivity index (χ4n) is 5.00. The zero-order valence-electron chi connectivity index (χ0n) is 33.6. The highest BCUT2D eigenvalue weighted by atomic mass is 32.2. The van der Waals surface area contributed by atoms with Gasteiger partial charge in [-0.2, -0.15) is 25.3 Å². The Balaban J connectivity index is 5.05. The predicted octanol–water partition coefficient (Wildman–Crippen LogP) is 8.48. The van der Waals surface area contributed by atoms with Crippen molar-refractivity contribution in [1.29, 1.82) is 0 Å². The van der Waals surface area contributed by atoms with Gasteiger partial charge in [0.15, 0.2) is 5.12 Å². The number of thiol groups is 2. The van der Waals surface area contributed by atoms with E-state index in [-0.39, 0.29) is 42.0 Å². The summed E-state index contributed by atoms with van der Waals surface area (Å²) in [6.45, 7) is 20.1. The van der Waals surface area contributed by atoms with E-state index in [1.165, 1.54) is 31.0 Å². The number of aliphatic hydroxyl groups is 2. The lowest BCUT2D eigenvalue weighted by Gasteiger charge is -2.33. The van der Waals surface area contributed by atoms with Crippen LogP contribution in [0, 0.1) is 23.7 Å². The van der Waals surface area contributed by atoms with Crippen LogP contribution in [0.2, 0.25) is 37.8 Å². The maximum Gasteiger partial charge on any atom is 0.334 e. The molecule has 0 amide bonds. The quantitative estimate of drug-likeness (QED) is 0.0279. The van der Waals surface area contributed by atoms with Gasteiger partial charge in [0.1, 0.15) is 0 Å². The van der Waals surface area contributed by atoms with E-state index in [9.17, 15) is 15.0 Å². The van der Waals surface area contributed by atoms with E-state index in [2.05, 4.69) is 65.7 Å². The number of carbonyl (C=O) groups excluding carboxylic acids is 1. The average Bonchev–Trinajstić information content (AvgIpc) is 3.12. The minimum atomic E-state index is -2.54. The zero-order valence-corrected chi connectivity index (χ0v) is 39.2. The molecule has 7 unspecified atom stereocenters. The van der Waals surface area contributed by atoms with E-state index in [0.717, 1.165) is 67.5 Å². The smallest absolute Gasteiger partial charge is 0.334 e. The van der Waals surface area contributed by atoms with E-state index in [0.29, 0.717) is 46.1 Å². The number of rotatable bonds is 36. The molecule has 0 spiro atoms. The molecule has 51 heavy (non-hydrogen) atoms. The summed E-state index contributed by atoms with van der Waals surface area (Å²) in [5.41, 5.74) is 0. The molecule has 0 fully saturated rings. The Morgan fingerprint density at radius 1 is 0.569 bits per heavy atom. The lowest BCUT2D eigenvalue weighted by molar-refractivity contribution is -0.111. The lowest BCUT2D eigenvalue weighted by Crippen LogP contribution is -2.44. The van der Waals surface area contributed by atoms with Gasteiger partial charge in [-0.3, -0.25) is 4.79 Å². The van der Waals surface area contributed by atoms with Crippen molar-refractivity contribution in [2.75, 3.05) is 70.1 Å². The normalized spacial score (nSPS) is 18.0. The van der Waals surface area contributed by atoms with E-state index < -0.39 is 25.7 Å². The van der Waals surface area contributed by atoms with E-state index >= 15 is 0 Å². The molecule has 0 radical (unpaired) electrons. The molecule has 0 rings (SSSR count). The fraction of sp³-hybridized carbons (Fsp3) is 0.972. The Bertz CT molecular complexity index is 859. The molecular formula is C36H78O9S3Si3. The first-order chi connectivity index (χ1) is 24.2. The van der Waals surface area contributed by atoms with Crippen molar-refractivity contribution in [3.8, 4) is 0 Å². The molecular weight excluding hydrogens is 757 g/mol. The number of hydrogen-bond donors (Lipinski definition) is 4.